The molecular formula is C12H15NO3. The molecule has 2 atom stereocenters. The molecule has 86 valence electrons. The Labute approximate surface area is 94.3 Å². The smallest absolute Gasteiger partial charge is 0.320 e. The van der Waals surface area contributed by atoms with Crippen molar-refractivity contribution in [3.8, 4) is 5.75 Å². The number of hydrogen-bond acceptors (Lipinski definition) is 4. The molecule has 2 unspecified atom stereocenters. The van der Waals surface area contributed by atoms with Crippen molar-refractivity contribution in [2.24, 2.45) is 5.73 Å². The van der Waals surface area contributed by atoms with E-state index in [4.69, 9.17) is 15.2 Å². The van der Waals surface area contributed by atoms with Crippen molar-refractivity contribution >= 4 is 5.97 Å². The number of ether oxygens (including phenoxy) is 2. The van der Waals surface area contributed by atoms with Crippen LogP contribution in [0.4, 0.5) is 0 Å². The molecule has 1 aromatic carbocycles. The van der Waals surface area contributed by atoms with Gasteiger partial charge in [0.15, 0.2) is 0 Å². The van der Waals surface area contributed by atoms with Gasteiger partial charge in [0.1, 0.15) is 18.0 Å². The predicted molar refractivity (Wildman–Crippen MR) is 59.2 cm³/mol. The van der Waals surface area contributed by atoms with Crippen LogP contribution in [0.15, 0.2) is 24.3 Å². The second kappa shape index (κ2) is 4.53. The van der Waals surface area contributed by atoms with E-state index in [-0.39, 0.29) is 24.7 Å². The Morgan fingerprint density at radius 3 is 3.06 bits per heavy atom. The van der Waals surface area contributed by atoms with E-state index in [9.17, 15) is 4.79 Å². The van der Waals surface area contributed by atoms with Gasteiger partial charge in [-0.2, -0.15) is 0 Å². The highest BCUT2D eigenvalue weighted by Crippen LogP contribution is 2.28. The van der Waals surface area contributed by atoms with Crippen LogP contribution in [-0.4, -0.2) is 24.7 Å². The van der Waals surface area contributed by atoms with E-state index < -0.39 is 0 Å². The van der Waals surface area contributed by atoms with E-state index in [2.05, 4.69) is 0 Å². The molecule has 0 saturated heterocycles. The van der Waals surface area contributed by atoms with Gasteiger partial charge in [-0.15, -0.1) is 0 Å². The van der Waals surface area contributed by atoms with Crippen molar-refractivity contribution < 1.29 is 14.3 Å². The summed E-state index contributed by atoms with van der Waals surface area (Å²) < 4.78 is 10.9. The van der Waals surface area contributed by atoms with Crippen LogP contribution < -0.4 is 10.5 Å². The Morgan fingerprint density at radius 2 is 2.31 bits per heavy atom. The Balaban J connectivity index is 2.12. The van der Waals surface area contributed by atoms with Gasteiger partial charge in [0.2, 0.25) is 0 Å². The minimum Gasteiger partial charge on any atom is -0.487 e. The van der Waals surface area contributed by atoms with E-state index in [1.54, 1.807) is 0 Å². The van der Waals surface area contributed by atoms with Gasteiger partial charge in [-0.05, 0) is 18.6 Å². The molecule has 2 N–H and O–H groups in total. The van der Waals surface area contributed by atoms with Gasteiger partial charge in [0.25, 0.3) is 0 Å². The Kier molecular flexibility index (Phi) is 3.10. The molecule has 2 rings (SSSR count). The number of carbonyl (C=O) groups is 1. The quantitative estimate of drug-likeness (QED) is 0.753. The first-order chi connectivity index (χ1) is 7.70. The van der Waals surface area contributed by atoms with E-state index in [1.807, 2.05) is 31.2 Å². The number of esters is 1. The summed E-state index contributed by atoms with van der Waals surface area (Å²) in [6.07, 6.45) is 0.305. The summed E-state index contributed by atoms with van der Waals surface area (Å²) >= 11 is 0. The molecule has 1 aliphatic heterocycles. The lowest BCUT2D eigenvalue weighted by molar-refractivity contribution is -0.152. The maximum absolute atomic E-state index is 11.1. The molecule has 16 heavy (non-hydrogen) atoms. The molecule has 0 amide bonds. The lowest BCUT2D eigenvalue weighted by Gasteiger charge is -2.30. The minimum absolute atomic E-state index is 0.0924. The van der Waals surface area contributed by atoms with E-state index >= 15 is 0 Å². The van der Waals surface area contributed by atoms with Crippen LogP contribution in [0.5, 0.6) is 5.75 Å². The fourth-order valence-corrected chi connectivity index (χ4v) is 1.80. The number of hydrogen-bond donors (Lipinski definition) is 1. The topological polar surface area (TPSA) is 61.5 Å². The van der Waals surface area contributed by atoms with Crippen molar-refractivity contribution in [1.29, 1.82) is 0 Å². The maximum Gasteiger partial charge on any atom is 0.320 e. The molecule has 0 saturated carbocycles. The number of fused-ring (bicyclic) bond motifs is 1. The molecule has 0 spiro atoms. The summed E-state index contributed by atoms with van der Waals surface area (Å²) in [5, 5.41) is 0. The van der Waals surface area contributed by atoms with Gasteiger partial charge in [0.05, 0.1) is 6.54 Å². The lowest BCUT2D eigenvalue weighted by Crippen LogP contribution is -2.39. The number of benzene rings is 1. The Morgan fingerprint density at radius 1 is 1.56 bits per heavy atom. The first-order valence-corrected chi connectivity index (χ1v) is 5.35. The highest BCUT2D eigenvalue weighted by atomic mass is 16.6. The molecule has 0 bridgehead atoms. The zero-order chi connectivity index (χ0) is 11.5. The first-order valence-electron chi connectivity index (χ1n) is 5.35. The SMILES string of the molecule is CC1Oc2ccccc2CC1OC(=O)CN. The highest BCUT2D eigenvalue weighted by Gasteiger charge is 2.29. The van der Waals surface area contributed by atoms with Gasteiger partial charge in [-0.1, -0.05) is 18.2 Å². The summed E-state index contributed by atoms with van der Waals surface area (Å²) in [5.41, 5.74) is 6.28. The third kappa shape index (κ3) is 2.17. The molecule has 1 aliphatic rings. The second-order valence-corrected chi connectivity index (χ2v) is 3.87. The second-order valence-electron chi connectivity index (χ2n) is 3.87. The normalized spacial score (nSPS) is 23.1. The summed E-state index contributed by atoms with van der Waals surface area (Å²) in [6, 6.07) is 7.77. The summed E-state index contributed by atoms with van der Waals surface area (Å²) in [7, 11) is 0. The fraction of sp³-hybridized carbons (Fsp3) is 0.417. The van der Waals surface area contributed by atoms with Gasteiger partial charge >= 0.3 is 5.97 Å². The van der Waals surface area contributed by atoms with Crippen molar-refractivity contribution in [3.63, 3.8) is 0 Å². The third-order valence-corrected chi connectivity index (χ3v) is 2.68. The Hall–Kier alpha value is -1.55. The molecule has 0 fully saturated rings. The third-order valence-electron chi connectivity index (χ3n) is 2.68. The number of para-hydroxylation sites is 1. The lowest BCUT2D eigenvalue weighted by atomic mass is 10.0. The number of rotatable bonds is 2. The predicted octanol–water partition coefficient (Wildman–Crippen LogP) is 0.880. The van der Waals surface area contributed by atoms with Crippen molar-refractivity contribution in [3.05, 3.63) is 29.8 Å². The molecule has 4 heteroatoms. The Bertz CT molecular complexity index is 392. The van der Waals surface area contributed by atoms with Crippen LogP contribution in [0.1, 0.15) is 12.5 Å². The van der Waals surface area contributed by atoms with Gasteiger partial charge in [0, 0.05) is 6.42 Å². The number of carbonyl (C=O) groups excluding carboxylic acids is 1. The van der Waals surface area contributed by atoms with Crippen LogP contribution in [0.3, 0.4) is 0 Å². The van der Waals surface area contributed by atoms with Crippen LogP contribution >= 0.6 is 0 Å². The number of nitrogens with two attached hydrogens (primary N) is 1. The average molecular weight is 221 g/mol. The molecular weight excluding hydrogens is 206 g/mol. The van der Waals surface area contributed by atoms with Crippen LogP contribution in [0.2, 0.25) is 0 Å². The van der Waals surface area contributed by atoms with Crippen LogP contribution in [0.25, 0.3) is 0 Å². The summed E-state index contributed by atoms with van der Waals surface area (Å²) in [5.74, 6) is 0.481. The molecule has 0 radical (unpaired) electrons. The molecule has 4 nitrogen and oxygen atoms in total. The summed E-state index contributed by atoms with van der Waals surface area (Å²) in [6.45, 7) is 1.80. The molecule has 1 aromatic rings. The standard InChI is InChI=1S/C12H15NO3/c1-8-11(16-12(14)7-13)6-9-4-2-3-5-10(9)15-8/h2-5,8,11H,6-7,13H2,1H3. The monoisotopic (exact) mass is 221 g/mol. The van der Waals surface area contributed by atoms with Gasteiger partial charge < -0.3 is 15.2 Å². The molecule has 0 aliphatic carbocycles. The van der Waals surface area contributed by atoms with E-state index in [1.165, 1.54) is 0 Å². The maximum atomic E-state index is 11.1. The van der Waals surface area contributed by atoms with Crippen molar-refractivity contribution in [2.45, 2.75) is 25.6 Å². The zero-order valence-corrected chi connectivity index (χ0v) is 9.18. The van der Waals surface area contributed by atoms with E-state index in [0.29, 0.717) is 6.42 Å². The highest BCUT2D eigenvalue weighted by molar-refractivity contribution is 5.71. The average Bonchev–Trinajstić information content (AvgIpc) is 2.30. The van der Waals surface area contributed by atoms with Gasteiger partial charge in [-0.25, -0.2) is 0 Å². The molecule has 1 heterocycles. The largest absolute Gasteiger partial charge is 0.487 e. The van der Waals surface area contributed by atoms with Crippen LogP contribution in [0, 0.1) is 0 Å². The fourth-order valence-electron chi connectivity index (χ4n) is 1.80. The van der Waals surface area contributed by atoms with Crippen molar-refractivity contribution in [2.75, 3.05) is 6.54 Å². The van der Waals surface area contributed by atoms with Crippen LogP contribution in [-0.2, 0) is 16.0 Å². The summed E-state index contributed by atoms with van der Waals surface area (Å²) in [4.78, 5) is 11.1. The van der Waals surface area contributed by atoms with Crippen molar-refractivity contribution in [1.82, 2.24) is 0 Å². The first kappa shape index (κ1) is 11.0. The minimum atomic E-state index is -0.389. The molecule has 0 aromatic heterocycles. The van der Waals surface area contributed by atoms with Gasteiger partial charge in [-0.3, -0.25) is 4.79 Å². The van der Waals surface area contributed by atoms with E-state index in [0.717, 1.165) is 11.3 Å². The zero-order valence-electron chi connectivity index (χ0n) is 9.18.